The van der Waals surface area contributed by atoms with Crippen molar-refractivity contribution in [2.45, 2.75) is 6.54 Å². The molecule has 1 amide bonds. The zero-order valence-corrected chi connectivity index (χ0v) is 11.9. The number of furan rings is 1. The summed E-state index contributed by atoms with van der Waals surface area (Å²) in [5, 5.41) is 13.8. The van der Waals surface area contributed by atoms with Crippen molar-refractivity contribution < 1.29 is 23.6 Å². The van der Waals surface area contributed by atoms with Gasteiger partial charge in [-0.25, -0.2) is 0 Å². The second kappa shape index (κ2) is 6.22. The van der Waals surface area contributed by atoms with Crippen LogP contribution in [0.25, 0.3) is 6.08 Å². The van der Waals surface area contributed by atoms with E-state index in [-0.39, 0.29) is 24.0 Å². The van der Waals surface area contributed by atoms with E-state index >= 15 is 0 Å². The highest BCUT2D eigenvalue weighted by Crippen LogP contribution is 2.38. The predicted molar refractivity (Wildman–Crippen MR) is 78.8 cm³/mol. The fraction of sp³-hybridized carbons (Fsp3) is 0.133. The van der Waals surface area contributed by atoms with Crippen LogP contribution in [0.3, 0.4) is 0 Å². The minimum atomic E-state index is -0.537. The Balaban J connectivity index is 1.73. The van der Waals surface area contributed by atoms with E-state index in [1.165, 1.54) is 36.8 Å². The Labute approximate surface area is 130 Å². The molecule has 0 radical (unpaired) electrons. The summed E-state index contributed by atoms with van der Waals surface area (Å²) in [7, 11) is 0. The number of amides is 1. The zero-order valence-electron chi connectivity index (χ0n) is 11.9. The molecule has 2 heterocycles. The van der Waals surface area contributed by atoms with Crippen LogP contribution >= 0.6 is 0 Å². The number of ether oxygens (including phenoxy) is 2. The predicted octanol–water partition coefficient (Wildman–Crippen LogP) is 2.25. The molecule has 0 saturated carbocycles. The van der Waals surface area contributed by atoms with Gasteiger partial charge in [-0.05, 0) is 18.2 Å². The Hall–Kier alpha value is -3.29. The number of nitrogens with zero attached hydrogens (tertiary/aromatic N) is 1. The van der Waals surface area contributed by atoms with Crippen molar-refractivity contribution in [3.05, 3.63) is 58.0 Å². The summed E-state index contributed by atoms with van der Waals surface area (Å²) >= 11 is 0. The number of nitro benzene ring substituents is 1. The van der Waals surface area contributed by atoms with Crippen LogP contribution in [-0.2, 0) is 11.3 Å². The van der Waals surface area contributed by atoms with Gasteiger partial charge in [0.2, 0.25) is 12.7 Å². The van der Waals surface area contributed by atoms with E-state index in [0.717, 1.165) is 5.56 Å². The minimum Gasteiger partial charge on any atom is -0.472 e. The summed E-state index contributed by atoms with van der Waals surface area (Å²) < 4.78 is 15.2. The zero-order chi connectivity index (χ0) is 16.2. The average Bonchev–Trinajstić information content (AvgIpc) is 3.20. The first-order valence-corrected chi connectivity index (χ1v) is 6.68. The molecule has 0 unspecified atom stereocenters. The average molecular weight is 316 g/mol. The van der Waals surface area contributed by atoms with E-state index in [4.69, 9.17) is 13.9 Å². The highest BCUT2D eigenvalue weighted by molar-refractivity contribution is 5.92. The molecule has 0 atom stereocenters. The van der Waals surface area contributed by atoms with Crippen molar-refractivity contribution in [1.82, 2.24) is 5.32 Å². The van der Waals surface area contributed by atoms with Gasteiger partial charge in [-0.3, -0.25) is 14.9 Å². The molecule has 1 N–H and O–H groups in total. The monoisotopic (exact) mass is 316 g/mol. The van der Waals surface area contributed by atoms with Crippen molar-refractivity contribution in [1.29, 1.82) is 0 Å². The number of fused-ring (bicyclic) bond motifs is 1. The first-order chi connectivity index (χ1) is 11.1. The molecule has 118 valence electrons. The second-order valence-corrected chi connectivity index (χ2v) is 4.70. The molecule has 1 aromatic heterocycles. The van der Waals surface area contributed by atoms with Crippen LogP contribution in [0, 0.1) is 10.1 Å². The third kappa shape index (κ3) is 3.31. The van der Waals surface area contributed by atoms with Crippen LogP contribution in [0.1, 0.15) is 11.1 Å². The molecule has 0 spiro atoms. The lowest BCUT2D eigenvalue weighted by molar-refractivity contribution is -0.385. The quantitative estimate of drug-likeness (QED) is 0.515. The van der Waals surface area contributed by atoms with Crippen LogP contribution in [-0.4, -0.2) is 17.6 Å². The Morgan fingerprint density at radius 3 is 2.83 bits per heavy atom. The van der Waals surface area contributed by atoms with Crippen LogP contribution in [0.15, 0.2) is 41.2 Å². The topological polar surface area (TPSA) is 104 Å². The molecule has 1 aliphatic rings. The first kappa shape index (κ1) is 14.6. The van der Waals surface area contributed by atoms with Gasteiger partial charge in [0, 0.05) is 18.2 Å². The van der Waals surface area contributed by atoms with E-state index in [0.29, 0.717) is 18.0 Å². The number of rotatable bonds is 5. The molecule has 3 rings (SSSR count). The van der Waals surface area contributed by atoms with E-state index in [9.17, 15) is 14.9 Å². The molecule has 2 aromatic rings. The lowest BCUT2D eigenvalue weighted by atomic mass is 10.1. The van der Waals surface area contributed by atoms with Crippen LogP contribution in [0.5, 0.6) is 11.5 Å². The third-order valence-electron chi connectivity index (χ3n) is 3.18. The lowest BCUT2D eigenvalue weighted by Crippen LogP contribution is -2.19. The molecule has 1 aromatic carbocycles. The SMILES string of the molecule is O=C(/C=C\c1cc2c(cc1[N+](=O)[O-])OCO2)NCc1ccoc1. The van der Waals surface area contributed by atoms with Gasteiger partial charge < -0.3 is 19.2 Å². The molecule has 23 heavy (non-hydrogen) atoms. The Kier molecular flexibility index (Phi) is 3.96. The fourth-order valence-electron chi connectivity index (χ4n) is 2.05. The highest BCUT2D eigenvalue weighted by Gasteiger charge is 2.22. The molecule has 8 nitrogen and oxygen atoms in total. The maximum Gasteiger partial charge on any atom is 0.280 e. The van der Waals surface area contributed by atoms with Gasteiger partial charge in [-0.1, -0.05) is 0 Å². The molecular weight excluding hydrogens is 304 g/mol. The molecule has 0 bridgehead atoms. The Morgan fingerprint density at radius 2 is 2.13 bits per heavy atom. The van der Waals surface area contributed by atoms with Crippen molar-refractivity contribution in [3.63, 3.8) is 0 Å². The summed E-state index contributed by atoms with van der Waals surface area (Å²) in [6.45, 7) is 0.327. The number of benzene rings is 1. The van der Waals surface area contributed by atoms with Gasteiger partial charge in [-0.2, -0.15) is 0 Å². The van der Waals surface area contributed by atoms with Gasteiger partial charge >= 0.3 is 0 Å². The highest BCUT2D eigenvalue weighted by atomic mass is 16.7. The standard InChI is InChI=1S/C15H12N2O6/c18-15(16-7-10-3-4-21-8-10)2-1-11-5-13-14(23-9-22-13)6-12(11)17(19)20/h1-6,8H,7,9H2,(H,16,18)/b2-1-. The molecule has 0 fully saturated rings. The maximum atomic E-state index is 11.8. The Morgan fingerprint density at radius 1 is 1.35 bits per heavy atom. The van der Waals surface area contributed by atoms with Crippen LogP contribution in [0.4, 0.5) is 5.69 Å². The van der Waals surface area contributed by atoms with Crippen molar-refractivity contribution in [2.75, 3.05) is 6.79 Å². The molecule has 0 saturated heterocycles. The van der Waals surface area contributed by atoms with Crippen LogP contribution < -0.4 is 14.8 Å². The summed E-state index contributed by atoms with van der Waals surface area (Å²) in [5.41, 5.74) is 0.923. The number of carbonyl (C=O) groups is 1. The number of hydrogen-bond acceptors (Lipinski definition) is 6. The fourth-order valence-corrected chi connectivity index (χ4v) is 2.05. The summed E-state index contributed by atoms with van der Waals surface area (Å²) in [6, 6.07) is 4.48. The van der Waals surface area contributed by atoms with Gasteiger partial charge in [0.05, 0.1) is 29.1 Å². The van der Waals surface area contributed by atoms with Gasteiger partial charge in [0.15, 0.2) is 11.5 Å². The molecule has 1 aliphatic heterocycles. The van der Waals surface area contributed by atoms with E-state index < -0.39 is 4.92 Å². The van der Waals surface area contributed by atoms with Crippen LogP contribution in [0.2, 0.25) is 0 Å². The van der Waals surface area contributed by atoms with Crippen molar-refractivity contribution in [3.8, 4) is 11.5 Å². The number of carbonyl (C=O) groups excluding carboxylic acids is 1. The number of nitro groups is 1. The van der Waals surface area contributed by atoms with Gasteiger partial charge in [-0.15, -0.1) is 0 Å². The second-order valence-electron chi connectivity index (χ2n) is 4.70. The van der Waals surface area contributed by atoms with Gasteiger partial charge in [0.25, 0.3) is 5.69 Å². The number of nitrogens with one attached hydrogen (secondary N) is 1. The van der Waals surface area contributed by atoms with E-state index in [2.05, 4.69) is 5.32 Å². The third-order valence-corrected chi connectivity index (χ3v) is 3.18. The minimum absolute atomic E-state index is 0.0187. The molecule has 8 heteroatoms. The summed E-state index contributed by atoms with van der Waals surface area (Å²) in [5.74, 6) is 0.352. The largest absolute Gasteiger partial charge is 0.472 e. The number of hydrogen-bond donors (Lipinski definition) is 1. The molecular formula is C15H12N2O6. The molecule has 0 aliphatic carbocycles. The lowest BCUT2D eigenvalue weighted by Gasteiger charge is -2.01. The van der Waals surface area contributed by atoms with E-state index in [1.54, 1.807) is 6.07 Å². The van der Waals surface area contributed by atoms with Crippen molar-refractivity contribution in [2.24, 2.45) is 0 Å². The maximum absolute atomic E-state index is 11.8. The Bertz CT molecular complexity index is 767. The smallest absolute Gasteiger partial charge is 0.280 e. The summed E-state index contributed by atoms with van der Waals surface area (Å²) in [4.78, 5) is 22.3. The first-order valence-electron chi connectivity index (χ1n) is 6.68. The van der Waals surface area contributed by atoms with Crippen molar-refractivity contribution >= 4 is 17.7 Å². The van der Waals surface area contributed by atoms with E-state index in [1.807, 2.05) is 0 Å². The van der Waals surface area contributed by atoms with Gasteiger partial charge in [0.1, 0.15) is 0 Å². The summed E-state index contributed by atoms with van der Waals surface area (Å²) in [6.07, 6.45) is 5.62. The normalized spacial score (nSPS) is 12.5.